The summed E-state index contributed by atoms with van der Waals surface area (Å²) in [5.74, 6) is -0.567. The van der Waals surface area contributed by atoms with Gasteiger partial charge in [0.2, 0.25) is 5.82 Å². The highest BCUT2D eigenvalue weighted by atomic mass is 19.4. The molecule has 2 unspecified atom stereocenters. The van der Waals surface area contributed by atoms with Crippen LogP contribution in [0.1, 0.15) is 69.4 Å². The lowest BCUT2D eigenvalue weighted by atomic mass is 10.1. The van der Waals surface area contributed by atoms with Gasteiger partial charge in [-0.15, -0.1) is 0 Å². The van der Waals surface area contributed by atoms with Gasteiger partial charge in [-0.05, 0) is 31.0 Å². The number of aliphatic hydroxyl groups excluding tert-OH is 1. The maximum atomic E-state index is 13.7. The zero-order valence-electron chi connectivity index (χ0n) is 18.6. The first kappa shape index (κ1) is 24.8. The van der Waals surface area contributed by atoms with E-state index in [9.17, 15) is 18.3 Å². The molecule has 182 valence electrons. The van der Waals surface area contributed by atoms with Gasteiger partial charge in [0, 0.05) is 12.1 Å². The van der Waals surface area contributed by atoms with Crippen LogP contribution in [0.3, 0.4) is 0 Å². The Morgan fingerprint density at radius 1 is 1.27 bits per heavy atom. The molecule has 2 atom stereocenters. The Bertz CT molecular complexity index is 934. The van der Waals surface area contributed by atoms with E-state index in [1.807, 2.05) is 0 Å². The van der Waals surface area contributed by atoms with Crippen molar-refractivity contribution >= 4 is 5.96 Å². The Morgan fingerprint density at radius 2 is 2.00 bits per heavy atom. The van der Waals surface area contributed by atoms with Crippen molar-refractivity contribution in [3.63, 3.8) is 0 Å². The standard InChI is InChI=1S/C22H30F3N5O3/c1-2-3-4-5-6-7-12-32-17-9-8-14(13-15(17)22(23,24)25)19-28-20(33-29-19)18-16(31)10-11-30(18)21(26)27/h8-9,13,16,18,31H,2-7,10-12H2,1H3,(H3,26,27). The lowest BCUT2D eigenvalue weighted by Crippen LogP contribution is -2.37. The average Bonchev–Trinajstić information content (AvgIpc) is 3.39. The number of unbranched alkanes of at least 4 members (excludes halogenated alkanes) is 5. The lowest BCUT2D eigenvalue weighted by Gasteiger charge is -2.22. The van der Waals surface area contributed by atoms with Crippen molar-refractivity contribution in [2.75, 3.05) is 13.2 Å². The smallest absolute Gasteiger partial charge is 0.419 e. The van der Waals surface area contributed by atoms with Crippen LogP contribution in [0.4, 0.5) is 13.2 Å². The number of ether oxygens (including phenoxy) is 1. The molecule has 0 saturated carbocycles. The molecule has 11 heteroatoms. The van der Waals surface area contributed by atoms with Crippen LogP contribution in [-0.2, 0) is 6.18 Å². The number of nitrogens with zero attached hydrogens (tertiary/aromatic N) is 3. The van der Waals surface area contributed by atoms with Crippen LogP contribution in [-0.4, -0.2) is 45.4 Å². The van der Waals surface area contributed by atoms with Crippen LogP contribution in [0.15, 0.2) is 22.7 Å². The van der Waals surface area contributed by atoms with Crippen LogP contribution in [0.25, 0.3) is 11.4 Å². The predicted octanol–water partition coefficient (Wildman–Crippen LogP) is 4.50. The number of hydrogen-bond acceptors (Lipinski definition) is 6. The normalized spacial score (nSPS) is 18.6. The van der Waals surface area contributed by atoms with E-state index in [1.165, 1.54) is 17.0 Å². The molecular weight excluding hydrogens is 439 g/mol. The third-order valence-electron chi connectivity index (χ3n) is 5.67. The van der Waals surface area contributed by atoms with E-state index >= 15 is 0 Å². The molecule has 0 spiro atoms. The minimum atomic E-state index is -4.62. The third-order valence-corrected chi connectivity index (χ3v) is 5.67. The number of rotatable bonds is 10. The molecule has 1 fully saturated rings. The lowest BCUT2D eigenvalue weighted by molar-refractivity contribution is -0.138. The molecule has 1 aliphatic rings. The number of likely N-dealkylation sites (tertiary alicyclic amines) is 1. The molecule has 1 saturated heterocycles. The van der Waals surface area contributed by atoms with E-state index in [4.69, 9.17) is 20.4 Å². The molecule has 0 amide bonds. The van der Waals surface area contributed by atoms with Crippen LogP contribution in [0, 0.1) is 5.41 Å². The largest absolute Gasteiger partial charge is 0.493 e. The fourth-order valence-electron chi connectivity index (χ4n) is 3.90. The van der Waals surface area contributed by atoms with E-state index in [1.54, 1.807) is 0 Å². The highest BCUT2D eigenvalue weighted by Crippen LogP contribution is 2.39. The number of aliphatic hydroxyl groups is 1. The Kier molecular flexibility index (Phi) is 8.17. The molecule has 4 N–H and O–H groups in total. The summed E-state index contributed by atoms with van der Waals surface area (Å²) in [4.78, 5) is 5.57. The summed E-state index contributed by atoms with van der Waals surface area (Å²) in [6.07, 6.45) is 0.901. The van der Waals surface area contributed by atoms with Gasteiger partial charge >= 0.3 is 6.18 Å². The van der Waals surface area contributed by atoms with Crippen molar-refractivity contribution in [3.8, 4) is 17.1 Å². The highest BCUT2D eigenvalue weighted by molar-refractivity contribution is 5.75. The summed E-state index contributed by atoms with van der Waals surface area (Å²) in [6, 6.07) is 2.82. The predicted molar refractivity (Wildman–Crippen MR) is 116 cm³/mol. The molecule has 0 radical (unpaired) electrons. The van der Waals surface area contributed by atoms with Gasteiger partial charge in [-0.25, -0.2) is 0 Å². The molecule has 0 aliphatic carbocycles. The number of guanidine groups is 1. The van der Waals surface area contributed by atoms with Gasteiger partial charge in [-0.3, -0.25) is 5.41 Å². The van der Waals surface area contributed by atoms with Crippen molar-refractivity contribution in [2.24, 2.45) is 5.73 Å². The van der Waals surface area contributed by atoms with Gasteiger partial charge in [0.05, 0.1) is 18.3 Å². The fourth-order valence-corrected chi connectivity index (χ4v) is 3.90. The quantitative estimate of drug-likeness (QED) is 0.266. The van der Waals surface area contributed by atoms with Crippen LogP contribution < -0.4 is 10.5 Å². The van der Waals surface area contributed by atoms with Crippen molar-refractivity contribution in [1.29, 1.82) is 5.41 Å². The molecule has 33 heavy (non-hydrogen) atoms. The minimum Gasteiger partial charge on any atom is -0.493 e. The molecule has 2 heterocycles. The number of halogens is 3. The van der Waals surface area contributed by atoms with Gasteiger partial charge in [0.15, 0.2) is 5.96 Å². The Balaban J connectivity index is 1.73. The second-order valence-corrected chi connectivity index (χ2v) is 8.16. The van der Waals surface area contributed by atoms with Crippen molar-refractivity contribution in [2.45, 2.75) is 70.2 Å². The summed E-state index contributed by atoms with van der Waals surface area (Å²) < 4.78 is 51.7. The second kappa shape index (κ2) is 10.9. The van der Waals surface area contributed by atoms with Gasteiger partial charge < -0.3 is 25.0 Å². The molecule has 2 aromatic rings. The van der Waals surface area contributed by atoms with Crippen LogP contribution in [0.5, 0.6) is 5.75 Å². The molecule has 1 aliphatic heterocycles. The van der Waals surface area contributed by atoms with Gasteiger partial charge in [0.25, 0.3) is 5.89 Å². The van der Waals surface area contributed by atoms with E-state index in [-0.39, 0.29) is 35.6 Å². The summed E-state index contributed by atoms with van der Waals surface area (Å²) in [5, 5.41) is 21.6. The zero-order valence-corrected chi connectivity index (χ0v) is 18.6. The fraction of sp³-hybridized carbons (Fsp3) is 0.591. The van der Waals surface area contributed by atoms with Gasteiger partial charge in [-0.2, -0.15) is 18.2 Å². The molecule has 8 nitrogen and oxygen atoms in total. The van der Waals surface area contributed by atoms with E-state index in [2.05, 4.69) is 17.1 Å². The summed E-state index contributed by atoms with van der Waals surface area (Å²) in [6.45, 7) is 2.67. The van der Waals surface area contributed by atoms with Crippen molar-refractivity contribution < 1.29 is 27.5 Å². The molecule has 3 rings (SSSR count). The van der Waals surface area contributed by atoms with Gasteiger partial charge in [-0.1, -0.05) is 44.2 Å². The van der Waals surface area contributed by atoms with Crippen LogP contribution >= 0.6 is 0 Å². The zero-order chi connectivity index (χ0) is 24.0. The topological polar surface area (TPSA) is 121 Å². The first-order valence-electron chi connectivity index (χ1n) is 11.2. The number of alkyl halides is 3. The number of benzene rings is 1. The van der Waals surface area contributed by atoms with Crippen molar-refractivity contribution in [3.05, 3.63) is 29.7 Å². The molecule has 0 bridgehead atoms. The number of hydrogen-bond donors (Lipinski definition) is 3. The Morgan fingerprint density at radius 3 is 2.70 bits per heavy atom. The third kappa shape index (κ3) is 6.16. The molecule has 1 aromatic carbocycles. The summed E-state index contributed by atoms with van der Waals surface area (Å²) in [7, 11) is 0. The maximum Gasteiger partial charge on any atom is 0.419 e. The van der Waals surface area contributed by atoms with Crippen molar-refractivity contribution in [1.82, 2.24) is 15.0 Å². The summed E-state index contributed by atoms with van der Waals surface area (Å²) in [5.41, 5.74) is 4.73. The second-order valence-electron chi connectivity index (χ2n) is 8.16. The van der Waals surface area contributed by atoms with E-state index in [0.717, 1.165) is 38.2 Å². The first-order valence-corrected chi connectivity index (χ1v) is 11.2. The average molecular weight is 470 g/mol. The number of aromatic nitrogens is 2. The minimum absolute atomic E-state index is 0.0119. The monoisotopic (exact) mass is 469 g/mol. The first-order chi connectivity index (χ1) is 15.7. The van der Waals surface area contributed by atoms with E-state index in [0.29, 0.717) is 19.4 Å². The SMILES string of the molecule is CCCCCCCCOc1ccc(-c2noc(C3C(O)CCN3C(=N)N)n2)cc1C(F)(F)F. The molecular formula is C22H30F3N5O3. The number of nitrogens with two attached hydrogens (primary N) is 1. The van der Waals surface area contributed by atoms with Gasteiger partial charge in [0.1, 0.15) is 11.8 Å². The Labute approximate surface area is 190 Å². The summed E-state index contributed by atoms with van der Waals surface area (Å²) >= 11 is 0. The number of nitrogens with one attached hydrogen (secondary N) is 1. The highest BCUT2D eigenvalue weighted by Gasteiger charge is 2.39. The van der Waals surface area contributed by atoms with Crippen LogP contribution in [0.2, 0.25) is 0 Å². The molecule has 1 aromatic heterocycles. The van der Waals surface area contributed by atoms with E-state index < -0.39 is 23.9 Å². The Hall–Kier alpha value is -2.82. The maximum absolute atomic E-state index is 13.7.